The summed E-state index contributed by atoms with van der Waals surface area (Å²) < 4.78 is 5.02. The van der Waals surface area contributed by atoms with Crippen LogP contribution in [0.25, 0.3) is 0 Å². The van der Waals surface area contributed by atoms with Gasteiger partial charge in [-0.15, -0.1) is 0 Å². The first-order chi connectivity index (χ1) is 6.50. The lowest BCUT2D eigenvalue weighted by molar-refractivity contribution is -0.138. The van der Waals surface area contributed by atoms with Crippen molar-refractivity contribution < 1.29 is 19.1 Å². The van der Waals surface area contributed by atoms with Gasteiger partial charge in [-0.05, 0) is 26.0 Å². The molecule has 1 amide bonds. The first-order valence-electron chi connectivity index (χ1n) is 4.11. The van der Waals surface area contributed by atoms with E-state index in [1.165, 1.54) is 13.0 Å². The number of rotatable bonds is 3. The number of hydrogen-bond acceptors (Lipinski definition) is 3. The van der Waals surface area contributed by atoms with Gasteiger partial charge in [0.05, 0.1) is 0 Å². The number of nitrogens with one attached hydrogen (secondary N) is 1. The summed E-state index contributed by atoms with van der Waals surface area (Å²) in [5.74, 6) is -0.872. The normalized spacial score (nSPS) is 12.1. The second-order valence-electron chi connectivity index (χ2n) is 2.94. The highest BCUT2D eigenvalue weighted by atomic mass is 16.4. The first kappa shape index (κ1) is 10.3. The summed E-state index contributed by atoms with van der Waals surface area (Å²) >= 11 is 0. The number of carbonyl (C=O) groups excluding carboxylic acids is 1. The van der Waals surface area contributed by atoms with Gasteiger partial charge in [0.2, 0.25) is 0 Å². The second-order valence-corrected chi connectivity index (χ2v) is 2.94. The molecule has 14 heavy (non-hydrogen) atoms. The summed E-state index contributed by atoms with van der Waals surface area (Å²) in [4.78, 5) is 21.7. The maximum Gasteiger partial charge on any atom is 0.325 e. The number of aliphatic carboxylic acids is 1. The number of hydrogen-bond donors (Lipinski definition) is 2. The third kappa shape index (κ3) is 2.35. The average Bonchev–Trinajstić information content (AvgIpc) is 2.51. The Bertz CT molecular complexity index is 355. The van der Waals surface area contributed by atoms with Gasteiger partial charge < -0.3 is 14.8 Å². The van der Waals surface area contributed by atoms with Gasteiger partial charge in [-0.3, -0.25) is 9.59 Å². The zero-order valence-corrected chi connectivity index (χ0v) is 7.90. The fourth-order valence-electron chi connectivity index (χ4n) is 0.886. The van der Waals surface area contributed by atoms with Crippen LogP contribution in [0.2, 0.25) is 0 Å². The van der Waals surface area contributed by atoms with Crippen LogP contribution < -0.4 is 5.32 Å². The Balaban J connectivity index is 2.63. The average molecular weight is 197 g/mol. The lowest BCUT2D eigenvalue weighted by atomic mass is 10.3. The molecule has 0 radical (unpaired) electrons. The lowest BCUT2D eigenvalue weighted by Gasteiger charge is -2.06. The molecule has 1 aromatic rings. The Kier molecular flexibility index (Phi) is 2.91. The van der Waals surface area contributed by atoms with E-state index in [4.69, 9.17) is 9.52 Å². The smallest absolute Gasteiger partial charge is 0.325 e. The zero-order valence-electron chi connectivity index (χ0n) is 7.90. The molecule has 0 fully saturated rings. The van der Waals surface area contributed by atoms with Gasteiger partial charge in [0.1, 0.15) is 11.8 Å². The van der Waals surface area contributed by atoms with E-state index in [1.807, 2.05) is 0 Å². The molecule has 1 heterocycles. The molecule has 0 unspecified atom stereocenters. The summed E-state index contributed by atoms with van der Waals surface area (Å²) in [6.45, 7) is 3.09. The number of amides is 1. The molecule has 1 rings (SSSR count). The Morgan fingerprint density at radius 2 is 2.14 bits per heavy atom. The van der Waals surface area contributed by atoms with Crippen LogP contribution >= 0.6 is 0 Å². The first-order valence-corrected chi connectivity index (χ1v) is 4.11. The minimum absolute atomic E-state index is 0.121. The molecule has 0 aliphatic rings. The van der Waals surface area contributed by atoms with Crippen molar-refractivity contribution in [2.24, 2.45) is 0 Å². The van der Waals surface area contributed by atoms with Gasteiger partial charge in [-0.25, -0.2) is 0 Å². The highest BCUT2D eigenvalue weighted by Crippen LogP contribution is 2.05. The molecular weight excluding hydrogens is 186 g/mol. The molecule has 5 heteroatoms. The second kappa shape index (κ2) is 3.95. The van der Waals surface area contributed by atoms with Crippen molar-refractivity contribution in [2.75, 3.05) is 0 Å². The van der Waals surface area contributed by atoms with Crippen LogP contribution in [0.4, 0.5) is 0 Å². The van der Waals surface area contributed by atoms with E-state index in [1.54, 1.807) is 13.0 Å². The monoisotopic (exact) mass is 197 g/mol. The van der Waals surface area contributed by atoms with E-state index in [2.05, 4.69) is 5.32 Å². The molecule has 1 atom stereocenters. The number of carbonyl (C=O) groups is 2. The lowest BCUT2D eigenvalue weighted by Crippen LogP contribution is -2.38. The van der Waals surface area contributed by atoms with E-state index in [0.29, 0.717) is 5.76 Å². The van der Waals surface area contributed by atoms with Gasteiger partial charge in [0.15, 0.2) is 5.76 Å². The minimum atomic E-state index is -1.08. The fraction of sp³-hybridized carbons (Fsp3) is 0.333. The summed E-state index contributed by atoms with van der Waals surface area (Å²) in [5, 5.41) is 10.8. The van der Waals surface area contributed by atoms with Crippen LogP contribution in [0.1, 0.15) is 23.2 Å². The molecule has 0 aliphatic carbocycles. The predicted molar refractivity (Wildman–Crippen MR) is 48.0 cm³/mol. The quantitative estimate of drug-likeness (QED) is 0.750. The molecule has 1 aromatic heterocycles. The summed E-state index contributed by atoms with van der Waals surface area (Å²) in [6.07, 6.45) is 0. The third-order valence-corrected chi connectivity index (χ3v) is 1.68. The van der Waals surface area contributed by atoms with Crippen LogP contribution in [-0.2, 0) is 4.79 Å². The number of furan rings is 1. The largest absolute Gasteiger partial charge is 0.480 e. The van der Waals surface area contributed by atoms with Crippen molar-refractivity contribution in [3.63, 3.8) is 0 Å². The van der Waals surface area contributed by atoms with Gasteiger partial charge in [-0.2, -0.15) is 0 Å². The standard InChI is InChI=1S/C9H11NO4/c1-5-3-4-7(14-5)8(11)10-6(2)9(12)13/h3-4,6H,1-2H3,(H,10,11)(H,12,13)/t6-/m0/s1. The molecule has 0 spiro atoms. The van der Waals surface area contributed by atoms with Crippen LogP contribution in [0, 0.1) is 6.92 Å². The number of carboxylic acids is 1. The van der Waals surface area contributed by atoms with Crippen LogP contribution in [0.3, 0.4) is 0 Å². The van der Waals surface area contributed by atoms with E-state index in [0.717, 1.165) is 0 Å². The topological polar surface area (TPSA) is 79.5 Å². The summed E-state index contributed by atoms with van der Waals surface area (Å²) in [5.41, 5.74) is 0. The predicted octanol–water partition coefficient (Wildman–Crippen LogP) is 0.791. The highest BCUT2D eigenvalue weighted by Gasteiger charge is 2.17. The van der Waals surface area contributed by atoms with E-state index in [9.17, 15) is 9.59 Å². The Morgan fingerprint density at radius 3 is 2.57 bits per heavy atom. The van der Waals surface area contributed by atoms with Crippen molar-refractivity contribution >= 4 is 11.9 Å². The molecule has 0 aromatic carbocycles. The Hall–Kier alpha value is -1.78. The van der Waals surface area contributed by atoms with Crippen molar-refractivity contribution in [1.29, 1.82) is 0 Å². The van der Waals surface area contributed by atoms with Crippen LogP contribution in [0.5, 0.6) is 0 Å². The zero-order chi connectivity index (χ0) is 10.7. The molecule has 0 saturated carbocycles. The van der Waals surface area contributed by atoms with E-state index >= 15 is 0 Å². The molecule has 0 saturated heterocycles. The number of aryl methyl sites for hydroxylation is 1. The summed E-state index contributed by atoms with van der Waals surface area (Å²) in [6, 6.07) is 2.22. The maximum atomic E-state index is 11.3. The van der Waals surface area contributed by atoms with Gasteiger partial charge in [-0.1, -0.05) is 0 Å². The van der Waals surface area contributed by atoms with Crippen molar-refractivity contribution in [1.82, 2.24) is 5.32 Å². The molecule has 0 bridgehead atoms. The minimum Gasteiger partial charge on any atom is -0.480 e. The van der Waals surface area contributed by atoms with E-state index < -0.39 is 17.9 Å². The van der Waals surface area contributed by atoms with E-state index in [-0.39, 0.29) is 5.76 Å². The van der Waals surface area contributed by atoms with Gasteiger partial charge >= 0.3 is 5.97 Å². The van der Waals surface area contributed by atoms with Crippen molar-refractivity contribution in [3.8, 4) is 0 Å². The third-order valence-electron chi connectivity index (χ3n) is 1.68. The van der Waals surface area contributed by atoms with Gasteiger partial charge in [0.25, 0.3) is 5.91 Å². The molecule has 2 N–H and O–H groups in total. The van der Waals surface area contributed by atoms with Crippen LogP contribution in [-0.4, -0.2) is 23.0 Å². The molecule has 76 valence electrons. The SMILES string of the molecule is Cc1ccc(C(=O)N[C@@H](C)C(=O)O)o1. The van der Waals surface area contributed by atoms with Crippen molar-refractivity contribution in [2.45, 2.75) is 19.9 Å². The Morgan fingerprint density at radius 1 is 1.50 bits per heavy atom. The number of carboxylic acid groups (broad SMARTS) is 1. The van der Waals surface area contributed by atoms with Crippen molar-refractivity contribution in [3.05, 3.63) is 23.7 Å². The summed E-state index contributed by atoms with van der Waals surface area (Å²) in [7, 11) is 0. The van der Waals surface area contributed by atoms with Crippen LogP contribution in [0.15, 0.2) is 16.5 Å². The molecule has 5 nitrogen and oxygen atoms in total. The fourth-order valence-corrected chi connectivity index (χ4v) is 0.886. The molecule has 0 aliphatic heterocycles. The maximum absolute atomic E-state index is 11.3. The van der Waals surface area contributed by atoms with Gasteiger partial charge in [0, 0.05) is 0 Å². The Labute approximate surface area is 80.7 Å². The molecular formula is C9H11NO4. The highest BCUT2D eigenvalue weighted by molar-refractivity contribution is 5.94.